The van der Waals surface area contributed by atoms with Crippen LogP contribution < -0.4 is 10.1 Å². The number of carbonyl (C=O) groups excluding carboxylic acids is 1. The molecule has 10 heteroatoms. The Morgan fingerprint density at radius 2 is 1.82 bits per heavy atom. The Balaban J connectivity index is 1.31. The smallest absolute Gasteiger partial charge is 0.337 e. The molecule has 1 amide bonds. The molecule has 1 aliphatic heterocycles. The molecule has 45 heavy (non-hydrogen) atoms. The number of halogens is 1. The lowest BCUT2D eigenvalue weighted by Crippen LogP contribution is -2.49. The first-order valence-electron chi connectivity index (χ1n) is 16.4. The molecular formula is C35H43FN4O5. The lowest BCUT2D eigenvalue weighted by atomic mass is 9.52. The summed E-state index contributed by atoms with van der Waals surface area (Å²) >= 11 is 0. The Morgan fingerprint density at radius 3 is 2.47 bits per heavy atom. The second-order valence-electron chi connectivity index (χ2n) is 14.8. The van der Waals surface area contributed by atoms with E-state index in [9.17, 15) is 14.7 Å². The first kappa shape index (κ1) is 30.1. The highest BCUT2D eigenvalue weighted by Crippen LogP contribution is 2.56. The van der Waals surface area contributed by atoms with E-state index in [1.807, 2.05) is 6.92 Å². The van der Waals surface area contributed by atoms with Crippen LogP contribution in [0.15, 0.2) is 12.1 Å². The van der Waals surface area contributed by atoms with Crippen molar-refractivity contribution < 1.29 is 28.6 Å². The Hall–Kier alpha value is -3.53. The highest BCUT2D eigenvalue weighted by atomic mass is 19.1. The van der Waals surface area contributed by atoms with Crippen molar-refractivity contribution in [3.05, 3.63) is 46.0 Å². The van der Waals surface area contributed by atoms with Crippen molar-refractivity contribution in [3.8, 4) is 17.0 Å². The molecule has 2 N–H and O–H groups in total. The van der Waals surface area contributed by atoms with E-state index in [2.05, 4.69) is 5.32 Å². The second kappa shape index (κ2) is 11.1. The van der Waals surface area contributed by atoms with Gasteiger partial charge in [-0.05, 0) is 121 Å². The summed E-state index contributed by atoms with van der Waals surface area (Å²) in [4.78, 5) is 31.1. The molecule has 4 fully saturated rings. The molecule has 3 aromatic rings. The minimum absolute atomic E-state index is 0.187. The van der Waals surface area contributed by atoms with Gasteiger partial charge in [-0.3, -0.25) is 4.79 Å². The highest BCUT2D eigenvalue weighted by Gasteiger charge is 2.48. The van der Waals surface area contributed by atoms with Crippen LogP contribution in [-0.2, 0) is 16.0 Å². The molecular weight excluding hydrogens is 575 g/mol. The maximum Gasteiger partial charge on any atom is 0.337 e. The van der Waals surface area contributed by atoms with Gasteiger partial charge in [0, 0.05) is 35.0 Å². The molecule has 3 heterocycles. The number of fused-ring (bicyclic) bond motifs is 2. The lowest BCUT2D eigenvalue weighted by molar-refractivity contribution is -0.160. The average molecular weight is 619 g/mol. The van der Waals surface area contributed by atoms with Gasteiger partial charge in [0.2, 0.25) is 0 Å². The van der Waals surface area contributed by atoms with Gasteiger partial charge in [-0.1, -0.05) is 0 Å². The molecule has 1 aromatic carbocycles. The van der Waals surface area contributed by atoms with E-state index in [1.54, 1.807) is 33.8 Å². The number of nitrogens with zero attached hydrogens (tertiary/aromatic N) is 3. The average Bonchev–Trinajstić information content (AvgIpc) is 3.40. The summed E-state index contributed by atoms with van der Waals surface area (Å²) in [5.41, 5.74) is 2.76. The number of carboxylic acid groups (broad SMARTS) is 1. The van der Waals surface area contributed by atoms with Gasteiger partial charge in [0.15, 0.2) is 29.0 Å². The van der Waals surface area contributed by atoms with Gasteiger partial charge in [-0.2, -0.15) is 5.10 Å². The monoisotopic (exact) mass is 618 g/mol. The highest BCUT2D eigenvalue weighted by molar-refractivity contribution is 5.93. The quantitative estimate of drug-likeness (QED) is 0.323. The standard InChI is InChI=1S/C35H43FN4O5/c1-17-23-7-6-8-44-31(23)26(36)14-24(17)30-29(32(34(42)43)45-35(3,4)5)18(2)38-28-15-27(39-40(28)30)33(41)37-16-25-21-10-19-9-20(12-21)13-22(25)11-19/h14-15,19-22,25,32H,6-13,16H2,1-5H3,(H,37,41)(H,42,43)/t19?,20?,21?,22?,25?,32-/m0/s1. The number of aryl methyl sites for hydroxylation is 1. The van der Waals surface area contributed by atoms with E-state index in [4.69, 9.17) is 19.6 Å². The molecule has 4 bridgehead atoms. The number of hydrogen-bond acceptors (Lipinski definition) is 6. The van der Waals surface area contributed by atoms with E-state index < -0.39 is 23.5 Å². The molecule has 5 aliphatic rings. The second-order valence-corrected chi connectivity index (χ2v) is 14.8. The zero-order chi connectivity index (χ0) is 31.8. The largest absolute Gasteiger partial charge is 0.490 e. The van der Waals surface area contributed by atoms with Gasteiger partial charge >= 0.3 is 5.97 Å². The van der Waals surface area contributed by atoms with Crippen LogP contribution in [0.25, 0.3) is 16.9 Å². The van der Waals surface area contributed by atoms with Crippen LogP contribution in [0.4, 0.5) is 4.39 Å². The fraction of sp³-hybridized carbons (Fsp3) is 0.600. The third-order valence-corrected chi connectivity index (χ3v) is 10.6. The summed E-state index contributed by atoms with van der Waals surface area (Å²) < 4.78 is 28.9. The van der Waals surface area contributed by atoms with E-state index in [0.717, 1.165) is 29.4 Å². The number of carboxylic acids is 1. The molecule has 240 valence electrons. The predicted octanol–water partition coefficient (Wildman–Crippen LogP) is 6.22. The summed E-state index contributed by atoms with van der Waals surface area (Å²) in [5, 5.41) is 18.3. The van der Waals surface area contributed by atoms with Crippen LogP contribution >= 0.6 is 0 Å². The topological polar surface area (TPSA) is 115 Å². The number of rotatable bonds is 7. The third kappa shape index (κ3) is 5.38. The zero-order valence-corrected chi connectivity index (χ0v) is 26.8. The molecule has 9 nitrogen and oxygen atoms in total. The van der Waals surface area contributed by atoms with E-state index in [1.165, 1.54) is 42.7 Å². The van der Waals surface area contributed by atoms with E-state index in [-0.39, 0.29) is 22.9 Å². The van der Waals surface area contributed by atoms with Gasteiger partial charge in [-0.15, -0.1) is 0 Å². The number of carbonyl (C=O) groups is 2. The van der Waals surface area contributed by atoms with Crippen molar-refractivity contribution in [2.75, 3.05) is 13.2 Å². The summed E-state index contributed by atoms with van der Waals surface area (Å²) in [6, 6.07) is 3.00. The molecule has 2 aromatic heterocycles. The Kier molecular flexibility index (Phi) is 7.41. The number of hydrogen-bond donors (Lipinski definition) is 2. The molecule has 0 saturated heterocycles. The van der Waals surface area contributed by atoms with Gasteiger partial charge in [0.05, 0.1) is 17.9 Å². The molecule has 1 atom stereocenters. The number of amides is 1. The van der Waals surface area contributed by atoms with Crippen molar-refractivity contribution in [2.24, 2.45) is 29.6 Å². The normalized spacial score (nSPS) is 26.0. The third-order valence-electron chi connectivity index (χ3n) is 10.6. The molecule has 0 unspecified atom stereocenters. The van der Waals surface area contributed by atoms with E-state index in [0.29, 0.717) is 59.9 Å². The molecule has 0 spiro atoms. The summed E-state index contributed by atoms with van der Waals surface area (Å²) in [5.74, 6) is 1.80. The molecule has 4 saturated carbocycles. The van der Waals surface area contributed by atoms with Crippen LogP contribution in [-0.4, -0.2) is 50.3 Å². The SMILES string of the molecule is Cc1nc2cc(C(=O)NCC3C4CC5CC(C4)CC3C5)nn2c(-c2cc(F)c3c(c2C)CCCO3)c1[C@H](OC(C)(C)C)C(=O)O. The summed E-state index contributed by atoms with van der Waals surface area (Å²) in [6.45, 7) is 10.0. The molecule has 8 rings (SSSR count). The maximum absolute atomic E-state index is 15.6. The van der Waals surface area contributed by atoms with Crippen molar-refractivity contribution in [3.63, 3.8) is 0 Å². The molecule has 4 aliphatic carbocycles. The van der Waals surface area contributed by atoms with Gasteiger partial charge < -0.3 is 19.9 Å². The Bertz CT molecular complexity index is 1660. The minimum Gasteiger partial charge on any atom is -0.490 e. The van der Waals surface area contributed by atoms with E-state index >= 15 is 4.39 Å². The number of benzene rings is 1. The van der Waals surface area contributed by atoms with Crippen LogP contribution in [0, 0.1) is 49.3 Å². The fourth-order valence-electron chi connectivity index (χ4n) is 8.98. The number of aliphatic carboxylic acids is 1. The molecule has 0 radical (unpaired) electrons. The van der Waals surface area contributed by atoms with Crippen LogP contribution in [0.5, 0.6) is 5.75 Å². The van der Waals surface area contributed by atoms with Crippen molar-refractivity contribution in [1.29, 1.82) is 0 Å². The first-order valence-corrected chi connectivity index (χ1v) is 16.4. The number of aromatic nitrogens is 3. The maximum atomic E-state index is 15.6. The van der Waals surface area contributed by atoms with Crippen LogP contribution in [0.1, 0.15) is 98.3 Å². The van der Waals surface area contributed by atoms with Crippen molar-refractivity contribution >= 4 is 17.5 Å². The van der Waals surface area contributed by atoms with Crippen molar-refractivity contribution in [2.45, 2.75) is 91.3 Å². The van der Waals surface area contributed by atoms with Crippen molar-refractivity contribution in [1.82, 2.24) is 19.9 Å². The van der Waals surface area contributed by atoms with Crippen LogP contribution in [0.3, 0.4) is 0 Å². The van der Waals surface area contributed by atoms with Gasteiger partial charge in [0.25, 0.3) is 5.91 Å². The zero-order valence-electron chi connectivity index (χ0n) is 26.8. The van der Waals surface area contributed by atoms with Gasteiger partial charge in [0.1, 0.15) is 0 Å². The predicted molar refractivity (Wildman–Crippen MR) is 166 cm³/mol. The Labute approximate surface area is 262 Å². The first-order chi connectivity index (χ1) is 21.4. The number of nitrogens with one attached hydrogen (secondary N) is 1. The summed E-state index contributed by atoms with van der Waals surface area (Å²) in [6.07, 6.45) is 6.46. The van der Waals surface area contributed by atoms with Gasteiger partial charge in [-0.25, -0.2) is 18.7 Å². The minimum atomic E-state index is -1.41. The van der Waals surface area contributed by atoms with Crippen LogP contribution in [0.2, 0.25) is 0 Å². The fourth-order valence-corrected chi connectivity index (χ4v) is 8.98. The Morgan fingerprint density at radius 1 is 1.13 bits per heavy atom. The summed E-state index contributed by atoms with van der Waals surface area (Å²) in [7, 11) is 0. The lowest BCUT2D eigenvalue weighted by Gasteiger charge is -2.54. The number of ether oxygens (including phenoxy) is 2.